The van der Waals surface area contributed by atoms with Crippen LogP contribution in [0.4, 0.5) is 0 Å². The molecule has 0 fully saturated rings. The fourth-order valence-corrected chi connectivity index (χ4v) is 3.61. The van der Waals surface area contributed by atoms with E-state index in [0.29, 0.717) is 0 Å². The van der Waals surface area contributed by atoms with Crippen LogP contribution in [0, 0.1) is 0 Å². The van der Waals surface area contributed by atoms with Crippen LogP contribution in [-0.4, -0.2) is 19.5 Å². The highest BCUT2D eigenvalue weighted by Gasteiger charge is 2.20. The number of fused-ring (bicyclic) bond motifs is 3. The van der Waals surface area contributed by atoms with Crippen molar-refractivity contribution in [2.24, 2.45) is 0 Å². The lowest BCUT2D eigenvalue weighted by Gasteiger charge is -2.15. The zero-order valence-corrected chi connectivity index (χ0v) is 11.0. The van der Waals surface area contributed by atoms with Crippen LogP contribution in [0.3, 0.4) is 0 Å². The average molecular weight is 258 g/mol. The van der Waals surface area contributed by atoms with Crippen molar-refractivity contribution in [3.63, 3.8) is 0 Å². The molecule has 92 valence electrons. The van der Waals surface area contributed by atoms with Gasteiger partial charge >= 0.3 is 0 Å². The van der Waals surface area contributed by atoms with Gasteiger partial charge in [-0.3, -0.25) is 4.79 Å². The van der Waals surface area contributed by atoms with Crippen LogP contribution in [0.1, 0.15) is 20.8 Å². The zero-order chi connectivity index (χ0) is 12.5. The van der Waals surface area contributed by atoms with Crippen molar-refractivity contribution in [3.8, 4) is 10.4 Å². The van der Waals surface area contributed by atoms with E-state index in [2.05, 4.69) is 24.3 Å². The summed E-state index contributed by atoms with van der Waals surface area (Å²) in [5.41, 5.74) is 3.98. The Morgan fingerprint density at radius 3 is 2.89 bits per heavy atom. The number of thiophene rings is 1. The van der Waals surface area contributed by atoms with Crippen LogP contribution in [0.2, 0.25) is 0 Å². The van der Waals surface area contributed by atoms with E-state index in [1.165, 1.54) is 21.6 Å². The van der Waals surface area contributed by atoms with Gasteiger partial charge in [0.25, 0.3) is 0 Å². The van der Waals surface area contributed by atoms with Gasteiger partial charge in [0.15, 0.2) is 5.78 Å². The fraction of sp³-hybridized carbons (Fsp3) is 0.267. The van der Waals surface area contributed by atoms with Crippen LogP contribution in [0.25, 0.3) is 10.4 Å². The third-order valence-corrected chi connectivity index (χ3v) is 4.54. The molecule has 3 heteroatoms. The van der Waals surface area contributed by atoms with Gasteiger partial charge in [-0.25, -0.2) is 0 Å². The maximum absolute atomic E-state index is 11.9. The molecule has 0 spiro atoms. The Hall–Kier alpha value is -1.45. The normalized spacial score (nSPS) is 12.9. The van der Waals surface area contributed by atoms with E-state index in [1.807, 2.05) is 6.07 Å². The lowest BCUT2D eigenvalue weighted by Crippen LogP contribution is -2.04. The van der Waals surface area contributed by atoms with E-state index in [4.69, 9.17) is 4.74 Å². The smallest absolute Gasteiger partial charge is 0.198 e. The summed E-state index contributed by atoms with van der Waals surface area (Å²) in [6, 6.07) is 10.5. The summed E-state index contributed by atoms with van der Waals surface area (Å²) in [6.45, 7) is 0.168. The van der Waals surface area contributed by atoms with E-state index >= 15 is 0 Å². The Morgan fingerprint density at radius 1 is 1.28 bits per heavy atom. The number of ketones is 1. The molecule has 0 amide bonds. The van der Waals surface area contributed by atoms with E-state index < -0.39 is 0 Å². The topological polar surface area (TPSA) is 26.3 Å². The Labute approximate surface area is 110 Å². The van der Waals surface area contributed by atoms with Gasteiger partial charge in [-0.05, 0) is 35.6 Å². The van der Waals surface area contributed by atoms with Crippen molar-refractivity contribution in [2.75, 3.05) is 13.7 Å². The van der Waals surface area contributed by atoms with E-state index in [9.17, 15) is 4.79 Å². The first-order valence-electron chi connectivity index (χ1n) is 6.02. The molecule has 0 radical (unpaired) electrons. The molecule has 1 aromatic heterocycles. The molecule has 1 aliphatic rings. The Morgan fingerprint density at radius 2 is 2.06 bits per heavy atom. The SMILES string of the molecule is COCC(=O)c1cc2c(s1)-c1ccccc1CC2. The zero-order valence-electron chi connectivity index (χ0n) is 10.2. The number of rotatable bonds is 3. The highest BCUT2D eigenvalue weighted by Crippen LogP contribution is 2.39. The lowest BCUT2D eigenvalue weighted by molar-refractivity contribution is 0.0852. The van der Waals surface area contributed by atoms with Gasteiger partial charge in [-0.1, -0.05) is 24.3 Å². The summed E-state index contributed by atoms with van der Waals surface area (Å²) < 4.78 is 4.92. The Balaban J connectivity index is 2.04. The molecule has 0 saturated carbocycles. The molecule has 0 atom stereocenters. The first kappa shape index (κ1) is 11.6. The molecule has 1 aliphatic carbocycles. The molecule has 0 aliphatic heterocycles. The molecular weight excluding hydrogens is 244 g/mol. The molecule has 0 N–H and O–H groups in total. The van der Waals surface area contributed by atoms with Gasteiger partial charge < -0.3 is 4.74 Å². The number of methoxy groups -OCH3 is 1. The maximum atomic E-state index is 11.9. The van der Waals surface area contributed by atoms with Crippen molar-refractivity contribution in [3.05, 3.63) is 46.3 Å². The highest BCUT2D eigenvalue weighted by molar-refractivity contribution is 7.17. The van der Waals surface area contributed by atoms with Crippen LogP contribution < -0.4 is 0 Å². The quantitative estimate of drug-likeness (QED) is 0.789. The number of hydrogen-bond acceptors (Lipinski definition) is 3. The second kappa shape index (κ2) is 4.67. The number of Topliss-reactive ketones (excluding diaryl/α,β-unsaturated/α-hetero) is 1. The van der Waals surface area contributed by atoms with Crippen molar-refractivity contribution in [1.82, 2.24) is 0 Å². The van der Waals surface area contributed by atoms with Crippen LogP contribution in [0.15, 0.2) is 30.3 Å². The van der Waals surface area contributed by atoms with Crippen molar-refractivity contribution < 1.29 is 9.53 Å². The van der Waals surface area contributed by atoms with Gasteiger partial charge in [0.05, 0.1) is 4.88 Å². The maximum Gasteiger partial charge on any atom is 0.198 e. The summed E-state index contributed by atoms with van der Waals surface area (Å²) in [4.78, 5) is 13.9. The summed E-state index contributed by atoms with van der Waals surface area (Å²) in [7, 11) is 1.56. The summed E-state index contributed by atoms with van der Waals surface area (Å²) in [5.74, 6) is 0.0781. The van der Waals surface area contributed by atoms with Crippen molar-refractivity contribution >= 4 is 17.1 Å². The summed E-state index contributed by atoms with van der Waals surface area (Å²) in [6.07, 6.45) is 2.10. The standard InChI is InChI=1S/C15H14O2S/c1-17-9-13(16)14-8-11-7-6-10-4-2-3-5-12(10)15(11)18-14/h2-5,8H,6-7,9H2,1H3. The third kappa shape index (κ3) is 1.89. The van der Waals surface area contributed by atoms with Gasteiger partial charge in [-0.2, -0.15) is 0 Å². The molecule has 2 nitrogen and oxygen atoms in total. The molecule has 1 aromatic carbocycles. The van der Waals surface area contributed by atoms with Gasteiger partial charge in [-0.15, -0.1) is 11.3 Å². The minimum absolute atomic E-state index is 0.0781. The number of aryl methyl sites for hydroxylation is 2. The minimum atomic E-state index is 0.0781. The second-order valence-electron chi connectivity index (χ2n) is 4.48. The summed E-state index contributed by atoms with van der Waals surface area (Å²) in [5, 5.41) is 0. The number of hydrogen-bond donors (Lipinski definition) is 0. The second-order valence-corrected chi connectivity index (χ2v) is 5.53. The minimum Gasteiger partial charge on any atom is -0.376 e. The largest absolute Gasteiger partial charge is 0.376 e. The monoisotopic (exact) mass is 258 g/mol. The van der Waals surface area contributed by atoms with Crippen molar-refractivity contribution in [1.29, 1.82) is 0 Å². The lowest BCUT2D eigenvalue weighted by atomic mass is 9.91. The molecule has 18 heavy (non-hydrogen) atoms. The number of carbonyl (C=O) groups is 1. The fourth-order valence-electron chi connectivity index (χ4n) is 2.41. The van der Waals surface area contributed by atoms with E-state index in [1.54, 1.807) is 18.4 Å². The Bertz CT molecular complexity index is 598. The third-order valence-electron chi connectivity index (χ3n) is 3.28. The van der Waals surface area contributed by atoms with Crippen molar-refractivity contribution in [2.45, 2.75) is 12.8 Å². The predicted molar refractivity (Wildman–Crippen MR) is 73.4 cm³/mol. The van der Waals surface area contributed by atoms with Gasteiger partial charge in [0.2, 0.25) is 0 Å². The van der Waals surface area contributed by atoms with E-state index in [-0.39, 0.29) is 12.4 Å². The molecule has 0 saturated heterocycles. The molecule has 2 aromatic rings. The summed E-state index contributed by atoms with van der Waals surface area (Å²) >= 11 is 1.60. The Kier molecular flexibility index (Phi) is 3.02. The molecule has 3 rings (SSSR count). The highest BCUT2D eigenvalue weighted by atomic mass is 32.1. The predicted octanol–water partition coefficient (Wildman–Crippen LogP) is 3.34. The first-order chi connectivity index (χ1) is 8.79. The van der Waals surface area contributed by atoms with Crippen LogP contribution in [0.5, 0.6) is 0 Å². The number of carbonyl (C=O) groups excluding carboxylic acids is 1. The number of benzene rings is 1. The van der Waals surface area contributed by atoms with Gasteiger partial charge in [0, 0.05) is 12.0 Å². The molecule has 0 bridgehead atoms. The average Bonchev–Trinajstić information content (AvgIpc) is 2.83. The molecule has 0 unspecified atom stereocenters. The molecule has 1 heterocycles. The molecular formula is C15H14O2S. The van der Waals surface area contributed by atoms with Gasteiger partial charge in [0.1, 0.15) is 6.61 Å². The first-order valence-corrected chi connectivity index (χ1v) is 6.84. The van der Waals surface area contributed by atoms with Crippen LogP contribution in [-0.2, 0) is 17.6 Å². The van der Waals surface area contributed by atoms with Crippen LogP contribution >= 0.6 is 11.3 Å². The van der Waals surface area contributed by atoms with E-state index in [0.717, 1.165) is 17.7 Å². The number of ether oxygens (including phenoxy) is 1.